The first-order valence-corrected chi connectivity index (χ1v) is 12.6. The number of piperidine rings is 1. The second-order valence-electron chi connectivity index (χ2n) is 9.58. The molecule has 1 aromatic heterocycles. The molecule has 0 spiro atoms. The van der Waals surface area contributed by atoms with Crippen LogP contribution in [0.15, 0.2) is 30.5 Å². The van der Waals surface area contributed by atoms with Crippen molar-refractivity contribution in [1.82, 2.24) is 15.3 Å². The highest BCUT2D eigenvalue weighted by Crippen LogP contribution is 2.29. The number of aromatic nitrogens is 2. The summed E-state index contributed by atoms with van der Waals surface area (Å²) in [5.41, 5.74) is 1.78. The van der Waals surface area contributed by atoms with Crippen LogP contribution in [0.4, 0.5) is 11.8 Å². The number of fused-ring (bicyclic) bond motifs is 1. The van der Waals surface area contributed by atoms with Gasteiger partial charge in [0.25, 0.3) is 5.91 Å². The number of carbonyl (C=O) groups is 1. The molecule has 3 heterocycles. The number of hydrogen-bond acceptors (Lipinski definition) is 7. The highest BCUT2D eigenvalue weighted by atomic mass is 16.5. The fraction of sp³-hybridized carbons (Fsp3) is 0.577. The maximum Gasteiger partial charge on any atom is 0.259 e. The predicted octanol–water partition coefficient (Wildman–Crippen LogP) is 3.43. The van der Waals surface area contributed by atoms with Gasteiger partial charge in [-0.25, -0.2) is 4.98 Å². The number of nitrogens with one attached hydrogen (secondary N) is 2. The molecule has 5 rings (SSSR count). The fourth-order valence-corrected chi connectivity index (χ4v) is 5.36. The Bertz CT molecular complexity index is 994. The van der Waals surface area contributed by atoms with Gasteiger partial charge in [0.15, 0.2) is 0 Å². The first-order valence-electron chi connectivity index (χ1n) is 12.6. The molecule has 8 nitrogen and oxygen atoms in total. The van der Waals surface area contributed by atoms with E-state index in [-0.39, 0.29) is 18.1 Å². The van der Waals surface area contributed by atoms with Crippen LogP contribution in [-0.4, -0.2) is 61.4 Å². The summed E-state index contributed by atoms with van der Waals surface area (Å²) in [5.74, 6) is 2.49. The molecule has 8 heteroatoms. The third-order valence-corrected chi connectivity index (χ3v) is 7.32. The van der Waals surface area contributed by atoms with Gasteiger partial charge in [-0.1, -0.05) is 12.8 Å². The molecule has 1 saturated heterocycles. The minimum absolute atomic E-state index is 0.0229. The third-order valence-electron chi connectivity index (χ3n) is 7.32. The monoisotopic (exact) mass is 465 g/mol. The van der Waals surface area contributed by atoms with Crippen molar-refractivity contribution in [2.75, 3.05) is 43.6 Å². The molecule has 1 aromatic carbocycles. The van der Waals surface area contributed by atoms with E-state index in [2.05, 4.69) is 15.6 Å². The lowest BCUT2D eigenvalue weighted by molar-refractivity contribution is 0.0604. The van der Waals surface area contributed by atoms with E-state index in [1.807, 2.05) is 29.2 Å². The van der Waals surface area contributed by atoms with Crippen molar-refractivity contribution in [3.63, 3.8) is 0 Å². The molecule has 1 amide bonds. The van der Waals surface area contributed by atoms with Crippen LogP contribution in [0.1, 0.15) is 54.4 Å². The van der Waals surface area contributed by atoms with Gasteiger partial charge < -0.3 is 20.1 Å². The molecule has 1 aliphatic carbocycles. The number of benzene rings is 1. The van der Waals surface area contributed by atoms with Gasteiger partial charge in [-0.3, -0.25) is 9.69 Å². The van der Waals surface area contributed by atoms with E-state index >= 15 is 0 Å². The lowest BCUT2D eigenvalue weighted by atomic mass is 9.92. The second-order valence-corrected chi connectivity index (χ2v) is 9.58. The quantitative estimate of drug-likeness (QED) is 0.648. The fourth-order valence-electron chi connectivity index (χ4n) is 5.36. The number of ether oxygens (including phenoxy) is 2. The summed E-state index contributed by atoms with van der Waals surface area (Å²) < 4.78 is 11.3. The molecule has 182 valence electrons. The van der Waals surface area contributed by atoms with Gasteiger partial charge in [-0.05, 0) is 74.5 Å². The van der Waals surface area contributed by atoms with Crippen LogP contribution in [-0.2, 0) is 11.2 Å². The van der Waals surface area contributed by atoms with Gasteiger partial charge in [0.05, 0.1) is 18.8 Å². The number of hydrogen-bond donors (Lipinski definition) is 2. The van der Waals surface area contributed by atoms with Gasteiger partial charge in [-0.15, -0.1) is 0 Å². The summed E-state index contributed by atoms with van der Waals surface area (Å²) in [5, 5.41) is 6.90. The first kappa shape index (κ1) is 23.1. The SMILES string of the molecule is COC1CCCCC1Nc1nccc(N(CC2CCNCC2)C(=O)c2ccc3c(c2)CCO3)n1. The minimum atomic E-state index is -0.0229. The summed E-state index contributed by atoms with van der Waals surface area (Å²) in [6.45, 7) is 3.30. The number of nitrogens with zero attached hydrogens (tertiary/aromatic N) is 3. The Morgan fingerprint density at radius 3 is 2.91 bits per heavy atom. The average Bonchev–Trinajstić information content (AvgIpc) is 3.36. The smallest absolute Gasteiger partial charge is 0.259 e. The van der Waals surface area contributed by atoms with E-state index in [0.29, 0.717) is 36.4 Å². The standard InChI is InChI=1S/C26H35N5O3/c1-33-23-5-3-2-4-21(23)29-26-28-14-10-24(30-26)31(17-18-8-12-27-13-9-18)25(32)20-6-7-22-19(16-20)11-15-34-22/h6-7,10,14,16,18,21,23,27H,2-5,8-9,11-13,15,17H2,1H3,(H,28,29,30). The van der Waals surface area contributed by atoms with Crippen molar-refractivity contribution >= 4 is 17.7 Å². The molecule has 0 bridgehead atoms. The Morgan fingerprint density at radius 1 is 1.21 bits per heavy atom. The van der Waals surface area contributed by atoms with E-state index in [0.717, 1.165) is 56.5 Å². The summed E-state index contributed by atoms with van der Waals surface area (Å²) in [7, 11) is 1.77. The summed E-state index contributed by atoms with van der Waals surface area (Å²) in [6, 6.07) is 7.78. The predicted molar refractivity (Wildman–Crippen MR) is 132 cm³/mol. The maximum atomic E-state index is 13.8. The van der Waals surface area contributed by atoms with Gasteiger partial charge in [0, 0.05) is 31.8 Å². The Labute approximate surface area is 201 Å². The first-order chi connectivity index (χ1) is 16.7. The molecule has 2 aromatic rings. The van der Waals surface area contributed by atoms with E-state index < -0.39 is 0 Å². The van der Waals surface area contributed by atoms with Gasteiger partial charge >= 0.3 is 0 Å². The zero-order valence-corrected chi connectivity index (χ0v) is 20.0. The van der Waals surface area contributed by atoms with Crippen LogP contribution in [0.5, 0.6) is 5.75 Å². The van der Waals surface area contributed by atoms with E-state index in [9.17, 15) is 4.79 Å². The van der Waals surface area contributed by atoms with Crippen molar-refractivity contribution in [2.45, 2.75) is 57.1 Å². The zero-order chi connectivity index (χ0) is 23.3. The Hall–Kier alpha value is -2.71. The normalized spacial score (nSPS) is 22.6. The Balaban J connectivity index is 1.40. The number of methoxy groups -OCH3 is 1. The van der Waals surface area contributed by atoms with E-state index in [1.165, 1.54) is 12.8 Å². The van der Waals surface area contributed by atoms with Gasteiger partial charge in [0.1, 0.15) is 11.6 Å². The van der Waals surface area contributed by atoms with E-state index in [1.54, 1.807) is 13.3 Å². The summed E-state index contributed by atoms with van der Waals surface area (Å²) >= 11 is 0. The van der Waals surface area contributed by atoms with Crippen LogP contribution in [0, 0.1) is 5.92 Å². The van der Waals surface area contributed by atoms with Crippen molar-refractivity contribution in [1.29, 1.82) is 0 Å². The highest BCUT2D eigenvalue weighted by molar-refractivity contribution is 6.05. The largest absolute Gasteiger partial charge is 0.493 e. The lowest BCUT2D eigenvalue weighted by Gasteiger charge is -2.32. The van der Waals surface area contributed by atoms with Crippen molar-refractivity contribution in [2.24, 2.45) is 5.92 Å². The molecule has 2 aliphatic heterocycles. The molecule has 2 fully saturated rings. The average molecular weight is 466 g/mol. The third kappa shape index (κ3) is 5.18. The number of rotatable bonds is 7. The summed E-state index contributed by atoms with van der Waals surface area (Å²) in [4.78, 5) is 24.9. The number of carbonyl (C=O) groups excluding carboxylic acids is 1. The summed E-state index contributed by atoms with van der Waals surface area (Å²) in [6.07, 6.45) is 9.26. The molecule has 1 saturated carbocycles. The molecule has 2 N–H and O–H groups in total. The topological polar surface area (TPSA) is 88.6 Å². The van der Waals surface area contributed by atoms with Crippen LogP contribution < -0.4 is 20.3 Å². The molecule has 2 atom stereocenters. The van der Waals surface area contributed by atoms with E-state index in [4.69, 9.17) is 14.5 Å². The number of amides is 1. The lowest BCUT2D eigenvalue weighted by Crippen LogP contribution is -2.40. The molecular formula is C26H35N5O3. The van der Waals surface area contributed by atoms with Gasteiger partial charge in [0.2, 0.25) is 5.95 Å². The van der Waals surface area contributed by atoms with Crippen LogP contribution in [0.3, 0.4) is 0 Å². The molecule has 2 unspecified atom stereocenters. The molecule has 0 radical (unpaired) electrons. The Kier molecular flexibility index (Phi) is 7.25. The van der Waals surface area contributed by atoms with Crippen LogP contribution in [0.25, 0.3) is 0 Å². The minimum Gasteiger partial charge on any atom is -0.493 e. The van der Waals surface area contributed by atoms with Crippen molar-refractivity contribution in [3.05, 3.63) is 41.6 Å². The van der Waals surface area contributed by atoms with Crippen molar-refractivity contribution in [3.8, 4) is 5.75 Å². The van der Waals surface area contributed by atoms with Gasteiger partial charge in [-0.2, -0.15) is 4.98 Å². The highest BCUT2D eigenvalue weighted by Gasteiger charge is 2.28. The second kappa shape index (κ2) is 10.7. The van der Waals surface area contributed by atoms with Crippen molar-refractivity contribution < 1.29 is 14.3 Å². The zero-order valence-electron chi connectivity index (χ0n) is 20.0. The number of anilines is 2. The molecule has 3 aliphatic rings. The van der Waals surface area contributed by atoms with Crippen LogP contribution in [0.2, 0.25) is 0 Å². The van der Waals surface area contributed by atoms with Crippen LogP contribution >= 0.6 is 0 Å². The Morgan fingerprint density at radius 2 is 2.06 bits per heavy atom. The maximum absolute atomic E-state index is 13.8. The molecular weight excluding hydrogens is 430 g/mol. The molecule has 34 heavy (non-hydrogen) atoms.